The summed E-state index contributed by atoms with van der Waals surface area (Å²) in [6, 6.07) is 1.99. The SMILES string of the molecule is CCC1CC(C(=O)O)C(C(=O)N(C)Cc2cc(Br)cs2)C1. The zero-order valence-corrected chi connectivity index (χ0v) is 14.6. The van der Waals surface area contributed by atoms with E-state index in [-0.39, 0.29) is 11.8 Å². The summed E-state index contributed by atoms with van der Waals surface area (Å²) in [6.07, 6.45) is 2.26. The van der Waals surface area contributed by atoms with Gasteiger partial charge in [-0.05, 0) is 40.8 Å². The highest BCUT2D eigenvalue weighted by Gasteiger charge is 2.43. The van der Waals surface area contributed by atoms with Gasteiger partial charge >= 0.3 is 5.97 Å². The van der Waals surface area contributed by atoms with Gasteiger partial charge in [0.2, 0.25) is 5.91 Å². The van der Waals surface area contributed by atoms with Crippen LogP contribution in [0.1, 0.15) is 31.1 Å². The summed E-state index contributed by atoms with van der Waals surface area (Å²) >= 11 is 4.99. The predicted molar refractivity (Wildman–Crippen MR) is 86.1 cm³/mol. The highest BCUT2D eigenvalue weighted by atomic mass is 79.9. The van der Waals surface area contributed by atoms with Crippen molar-refractivity contribution in [3.8, 4) is 0 Å². The second-order valence-electron chi connectivity index (χ2n) is 5.72. The summed E-state index contributed by atoms with van der Waals surface area (Å²) in [6.45, 7) is 2.60. The largest absolute Gasteiger partial charge is 0.481 e. The summed E-state index contributed by atoms with van der Waals surface area (Å²) in [7, 11) is 1.76. The molecule has 1 aromatic heterocycles. The Morgan fingerprint density at radius 2 is 2.10 bits per heavy atom. The zero-order chi connectivity index (χ0) is 15.6. The van der Waals surface area contributed by atoms with Gasteiger partial charge in [0.1, 0.15) is 0 Å². The Balaban J connectivity index is 2.05. The minimum atomic E-state index is -0.837. The number of carboxylic acids is 1. The quantitative estimate of drug-likeness (QED) is 0.857. The maximum Gasteiger partial charge on any atom is 0.307 e. The van der Waals surface area contributed by atoms with E-state index in [1.54, 1.807) is 23.3 Å². The van der Waals surface area contributed by atoms with Crippen molar-refractivity contribution in [3.05, 3.63) is 20.8 Å². The molecule has 21 heavy (non-hydrogen) atoms. The van der Waals surface area contributed by atoms with Gasteiger partial charge in [-0.2, -0.15) is 0 Å². The number of carbonyl (C=O) groups excluding carboxylic acids is 1. The van der Waals surface area contributed by atoms with E-state index in [1.807, 2.05) is 11.4 Å². The first-order valence-corrected chi connectivity index (χ1v) is 8.80. The van der Waals surface area contributed by atoms with Gasteiger partial charge < -0.3 is 10.0 Å². The van der Waals surface area contributed by atoms with Gasteiger partial charge in [0.15, 0.2) is 0 Å². The molecule has 1 heterocycles. The van der Waals surface area contributed by atoms with E-state index in [0.717, 1.165) is 15.8 Å². The van der Waals surface area contributed by atoms with Gasteiger partial charge in [0, 0.05) is 21.8 Å². The first kappa shape index (κ1) is 16.5. The molecular formula is C15H20BrNO3S. The molecule has 6 heteroatoms. The number of carbonyl (C=O) groups is 2. The summed E-state index contributed by atoms with van der Waals surface area (Å²) in [4.78, 5) is 26.7. The second kappa shape index (κ2) is 6.92. The number of thiophene rings is 1. The molecule has 3 atom stereocenters. The fraction of sp³-hybridized carbons (Fsp3) is 0.600. The molecule has 1 aliphatic rings. The molecule has 0 bridgehead atoms. The van der Waals surface area contributed by atoms with Crippen LogP contribution in [-0.4, -0.2) is 28.9 Å². The summed E-state index contributed by atoms with van der Waals surface area (Å²) in [5.74, 6) is -1.43. The van der Waals surface area contributed by atoms with Crippen LogP contribution in [0.2, 0.25) is 0 Å². The number of carboxylic acid groups (broad SMARTS) is 1. The molecule has 1 fully saturated rings. The normalized spacial score (nSPS) is 25.0. The number of rotatable bonds is 5. The number of amides is 1. The van der Waals surface area contributed by atoms with Gasteiger partial charge in [-0.3, -0.25) is 9.59 Å². The van der Waals surface area contributed by atoms with Crippen molar-refractivity contribution in [2.24, 2.45) is 17.8 Å². The Morgan fingerprint density at radius 3 is 2.62 bits per heavy atom. The molecule has 0 radical (unpaired) electrons. The summed E-state index contributed by atoms with van der Waals surface area (Å²) in [5, 5.41) is 11.3. The minimum Gasteiger partial charge on any atom is -0.481 e. The van der Waals surface area contributed by atoms with E-state index < -0.39 is 11.9 Å². The maximum atomic E-state index is 12.6. The third-order valence-electron chi connectivity index (χ3n) is 4.26. The third-order valence-corrected chi connectivity index (χ3v) is 5.95. The number of hydrogen-bond donors (Lipinski definition) is 1. The predicted octanol–water partition coefficient (Wildman–Crippen LogP) is 3.61. The molecule has 3 unspecified atom stereocenters. The highest BCUT2D eigenvalue weighted by Crippen LogP contribution is 2.39. The number of hydrogen-bond acceptors (Lipinski definition) is 3. The van der Waals surface area contributed by atoms with Crippen molar-refractivity contribution in [2.45, 2.75) is 32.7 Å². The smallest absolute Gasteiger partial charge is 0.307 e. The van der Waals surface area contributed by atoms with Gasteiger partial charge in [-0.25, -0.2) is 0 Å². The topological polar surface area (TPSA) is 57.6 Å². The molecule has 2 rings (SSSR count). The average molecular weight is 374 g/mol. The van der Waals surface area contributed by atoms with Crippen LogP contribution < -0.4 is 0 Å². The first-order valence-electron chi connectivity index (χ1n) is 7.13. The molecule has 1 aromatic rings. The lowest BCUT2D eigenvalue weighted by molar-refractivity contribution is -0.148. The van der Waals surface area contributed by atoms with Crippen LogP contribution in [-0.2, 0) is 16.1 Å². The number of halogens is 1. The molecule has 1 saturated carbocycles. The third kappa shape index (κ3) is 3.86. The average Bonchev–Trinajstić information content (AvgIpc) is 3.04. The van der Waals surface area contributed by atoms with E-state index in [0.29, 0.717) is 25.3 Å². The number of nitrogens with zero attached hydrogens (tertiary/aromatic N) is 1. The van der Waals surface area contributed by atoms with E-state index >= 15 is 0 Å². The van der Waals surface area contributed by atoms with Crippen molar-refractivity contribution in [1.29, 1.82) is 0 Å². The van der Waals surface area contributed by atoms with Gasteiger partial charge in [-0.1, -0.05) is 13.3 Å². The van der Waals surface area contributed by atoms with Crippen molar-refractivity contribution in [1.82, 2.24) is 4.90 Å². The lowest BCUT2D eigenvalue weighted by Gasteiger charge is -2.23. The van der Waals surface area contributed by atoms with Crippen molar-refractivity contribution in [3.63, 3.8) is 0 Å². The monoisotopic (exact) mass is 373 g/mol. The van der Waals surface area contributed by atoms with Crippen LogP contribution in [0.4, 0.5) is 0 Å². The molecule has 1 N–H and O–H groups in total. The van der Waals surface area contributed by atoms with Crippen LogP contribution in [0.15, 0.2) is 15.9 Å². The highest BCUT2D eigenvalue weighted by molar-refractivity contribution is 9.10. The summed E-state index contributed by atoms with van der Waals surface area (Å²) in [5.41, 5.74) is 0. The first-order chi connectivity index (χ1) is 9.92. The Morgan fingerprint density at radius 1 is 1.43 bits per heavy atom. The van der Waals surface area contributed by atoms with Crippen LogP contribution in [0, 0.1) is 17.8 Å². The van der Waals surface area contributed by atoms with Crippen molar-refractivity contribution < 1.29 is 14.7 Å². The van der Waals surface area contributed by atoms with Crippen LogP contribution in [0.5, 0.6) is 0 Å². The zero-order valence-electron chi connectivity index (χ0n) is 12.2. The van der Waals surface area contributed by atoms with E-state index in [9.17, 15) is 14.7 Å². The fourth-order valence-corrected chi connectivity index (χ4v) is 4.56. The Labute approximate surface area is 137 Å². The lowest BCUT2D eigenvalue weighted by atomic mass is 9.95. The molecule has 1 amide bonds. The Bertz CT molecular complexity index is 531. The fourth-order valence-electron chi connectivity index (χ4n) is 3.05. The Kier molecular flexibility index (Phi) is 5.43. The Hall–Kier alpha value is -0.880. The van der Waals surface area contributed by atoms with Crippen molar-refractivity contribution in [2.75, 3.05) is 7.05 Å². The van der Waals surface area contributed by atoms with Crippen molar-refractivity contribution >= 4 is 39.1 Å². The van der Waals surface area contributed by atoms with Gasteiger partial charge in [0.25, 0.3) is 0 Å². The molecule has 4 nitrogen and oxygen atoms in total. The second-order valence-corrected chi connectivity index (χ2v) is 7.63. The molecule has 1 aliphatic carbocycles. The van der Waals surface area contributed by atoms with E-state index in [1.165, 1.54) is 0 Å². The van der Waals surface area contributed by atoms with Crippen LogP contribution >= 0.6 is 27.3 Å². The molecule has 0 aliphatic heterocycles. The maximum absolute atomic E-state index is 12.6. The van der Waals surface area contributed by atoms with E-state index in [2.05, 4.69) is 22.9 Å². The van der Waals surface area contributed by atoms with Crippen LogP contribution in [0.25, 0.3) is 0 Å². The number of aliphatic carboxylic acids is 1. The molecule has 0 spiro atoms. The standard InChI is InChI=1S/C15H20BrNO3S/c1-3-9-4-12(13(5-9)15(19)20)14(18)17(2)7-11-6-10(16)8-21-11/h6,8-9,12-13H,3-5,7H2,1-2H3,(H,19,20). The lowest BCUT2D eigenvalue weighted by Crippen LogP contribution is -2.36. The molecule has 0 aromatic carbocycles. The summed E-state index contributed by atoms with van der Waals surface area (Å²) < 4.78 is 1.01. The van der Waals surface area contributed by atoms with E-state index in [4.69, 9.17) is 0 Å². The van der Waals surface area contributed by atoms with Crippen LogP contribution in [0.3, 0.4) is 0 Å². The molecular weight excluding hydrogens is 354 g/mol. The minimum absolute atomic E-state index is 0.0390. The van der Waals surface area contributed by atoms with Gasteiger partial charge in [-0.15, -0.1) is 11.3 Å². The molecule has 0 saturated heterocycles. The molecule has 116 valence electrons. The van der Waals surface area contributed by atoms with Gasteiger partial charge in [0.05, 0.1) is 18.4 Å².